The lowest BCUT2D eigenvalue weighted by Gasteiger charge is -2.44. The molecule has 1 fully saturated rings. The average Bonchev–Trinajstić information content (AvgIpc) is 3.13. The number of allylic oxidation sites excluding steroid dienone is 6. The normalized spacial score (nSPS) is 24.6. The lowest BCUT2D eigenvalue weighted by atomic mass is 9.76. The Morgan fingerprint density at radius 1 is 1.02 bits per heavy atom. The number of aliphatic hydroxyl groups excluding tert-OH is 3. The number of nitrogens with one attached hydrogen (secondary N) is 1. The molecule has 0 spiro atoms. The molecule has 15 heteroatoms. The summed E-state index contributed by atoms with van der Waals surface area (Å²) in [6.07, 6.45) is 1.10. The summed E-state index contributed by atoms with van der Waals surface area (Å²) in [4.78, 5) is 64.2. The van der Waals surface area contributed by atoms with E-state index in [1.165, 1.54) is 60.0 Å². The molecule has 0 bridgehead atoms. The number of hydrogen-bond acceptors (Lipinski definition) is 14. The van der Waals surface area contributed by atoms with Crippen LogP contribution in [0.2, 0.25) is 0 Å². The fourth-order valence-corrected chi connectivity index (χ4v) is 6.98. The van der Waals surface area contributed by atoms with Gasteiger partial charge in [-0.15, -0.1) is 0 Å². The molecule has 1 saturated heterocycles. The Balaban J connectivity index is 1.66. The van der Waals surface area contributed by atoms with Crippen molar-refractivity contribution in [1.29, 1.82) is 0 Å². The van der Waals surface area contributed by atoms with Gasteiger partial charge in [-0.05, 0) is 46.3 Å². The van der Waals surface area contributed by atoms with Crippen molar-refractivity contribution in [2.24, 2.45) is 23.7 Å². The third-order valence-corrected chi connectivity index (χ3v) is 10.1. The van der Waals surface area contributed by atoms with Gasteiger partial charge >= 0.3 is 11.9 Å². The summed E-state index contributed by atoms with van der Waals surface area (Å²) in [6.45, 7) is 13.2. The molecule has 1 aliphatic carbocycles. The standard InChI is InChI=1S/C40H49NO14/c1-16(30(44)21(6)37-28(40(50)51-10)32(46)23(8)39(49)55-37)12-11-13-17(2)38(48)41-29-20(5)36(54-24(9)43)25-26(33(29)47)31(45)22(7)35-27(25)34(52-15-53-35)18(3)14-19(4)42/h11-14,16,21,23,28,30,32,37,39,44,46-47,49H,15H2,1-10H3,(H,41,48)/b12-11+,17-13+,18-14-. The summed E-state index contributed by atoms with van der Waals surface area (Å²) in [5.74, 6) is -6.78. The summed E-state index contributed by atoms with van der Waals surface area (Å²) < 4.78 is 27.6. The zero-order valence-electron chi connectivity index (χ0n) is 32.5. The Hall–Kier alpha value is -5.09. The third-order valence-electron chi connectivity index (χ3n) is 10.1. The van der Waals surface area contributed by atoms with Crippen molar-refractivity contribution in [3.63, 3.8) is 0 Å². The van der Waals surface area contributed by atoms with Crippen LogP contribution in [-0.2, 0) is 38.1 Å². The van der Waals surface area contributed by atoms with Crippen molar-refractivity contribution in [2.45, 2.75) is 86.9 Å². The molecule has 1 aromatic rings. The number of carbonyl (C=O) groups is 5. The van der Waals surface area contributed by atoms with Gasteiger partial charge in [0, 0.05) is 47.0 Å². The van der Waals surface area contributed by atoms with Crippen LogP contribution in [-0.4, -0.2) is 88.3 Å². The first-order valence-electron chi connectivity index (χ1n) is 17.7. The van der Waals surface area contributed by atoms with Gasteiger partial charge in [-0.25, -0.2) is 0 Å². The van der Waals surface area contributed by atoms with E-state index in [-0.39, 0.29) is 68.9 Å². The number of carbonyl (C=O) groups excluding carboxylic acids is 5. The second kappa shape index (κ2) is 17.1. The summed E-state index contributed by atoms with van der Waals surface area (Å²) >= 11 is 0. The lowest BCUT2D eigenvalue weighted by molar-refractivity contribution is -0.262. The van der Waals surface area contributed by atoms with Crippen LogP contribution < -0.4 is 10.1 Å². The van der Waals surface area contributed by atoms with Crippen LogP contribution in [0.5, 0.6) is 11.5 Å². The number of aliphatic hydroxyl groups is 3. The van der Waals surface area contributed by atoms with Gasteiger partial charge in [0.25, 0.3) is 5.91 Å². The molecular weight excluding hydrogens is 718 g/mol. The number of amides is 1. The summed E-state index contributed by atoms with van der Waals surface area (Å²) in [5.41, 5.74) is 0.454. The molecule has 2 heterocycles. The van der Waals surface area contributed by atoms with Gasteiger partial charge in [0.1, 0.15) is 23.2 Å². The monoisotopic (exact) mass is 767 g/mol. The number of ketones is 2. The molecular formula is C40H49NO14. The lowest BCUT2D eigenvalue weighted by Crippen LogP contribution is -2.57. The van der Waals surface area contributed by atoms with Crippen molar-refractivity contribution >= 4 is 40.7 Å². The number of methoxy groups -OCH3 is 1. The Bertz CT molecular complexity index is 1930. The number of hydrogen-bond donors (Lipinski definition) is 5. The van der Waals surface area contributed by atoms with Crippen molar-refractivity contribution in [3.05, 3.63) is 69.2 Å². The number of Topliss-reactive ketones (excluding diaryl/α,β-unsaturated/α-hetero) is 1. The molecule has 8 unspecified atom stereocenters. The number of fused-ring (bicyclic) bond motifs is 3. The van der Waals surface area contributed by atoms with Gasteiger partial charge in [0.2, 0.25) is 6.79 Å². The molecule has 1 aromatic carbocycles. The predicted molar refractivity (Wildman–Crippen MR) is 197 cm³/mol. The number of phenols is 1. The van der Waals surface area contributed by atoms with Crippen LogP contribution in [0.15, 0.2) is 52.5 Å². The number of aromatic hydroxyl groups is 1. The van der Waals surface area contributed by atoms with Crippen molar-refractivity contribution in [1.82, 2.24) is 0 Å². The van der Waals surface area contributed by atoms with Crippen LogP contribution in [0.3, 0.4) is 0 Å². The van der Waals surface area contributed by atoms with E-state index in [1.807, 2.05) is 0 Å². The minimum Gasteiger partial charge on any atom is -0.505 e. The largest absolute Gasteiger partial charge is 0.505 e. The van der Waals surface area contributed by atoms with E-state index in [2.05, 4.69) is 5.32 Å². The summed E-state index contributed by atoms with van der Waals surface area (Å²) in [5, 5.41) is 46.5. The Kier molecular flexibility index (Phi) is 13.3. The van der Waals surface area contributed by atoms with Gasteiger partial charge in [-0.3, -0.25) is 24.0 Å². The first kappa shape index (κ1) is 42.6. The molecule has 0 saturated carbocycles. The highest BCUT2D eigenvalue weighted by Gasteiger charge is 2.50. The molecule has 55 heavy (non-hydrogen) atoms. The molecule has 2 aliphatic heterocycles. The molecule has 298 valence electrons. The van der Waals surface area contributed by atoms with Crippen LogP contribution in [0, 0.1) is 30.6 Å². The maximum Gasteiger partial charge on any atom is 0.313 e. The van der Waals surface area contributed by atoms with Crippen LogP contribution in [0.1, 0.15) is 76.9 Å². The number of phenolic OH excluding ortho intramolecular Hbond substituents is 1. The molecule has 5 N–H and O–H groups in total. The van der Waals surface area contributed by atoms with E-state index in [0.29, 0.717) is 5.57 Å². The minimum atomic E-state index is -1.37. The molecule has 0 radical (unpaired) electrons. The van der Waals surface area contributed by atoms with Gasteiger partial charge in [0.05, 0.1) is 42.2 Å². The highest BCUT2D eigenvalue weighted by Crippen LogP contribution is 2.52. The van der Waals surface area contributed by atoms with E-state index in [1.54, 1.807) is 26.8 Å². The fraction of sp³-hybridized carbons (Fsp3) is 0.475. The van der Waals surface area contributed by atoms with Crippen LogP contribution in [0.4, 0.5) is 5.69 Å². The van der Waals surface area contributed by atoms with Crippen molar-refractivity contribution < 1.29 is 68.1 Å². The maximum atomic E-state index is 13.8. The minimum absolute atomic E-state index is 0.00756. The van der Waals surface area contributed by atoms with Crippen molar-refractivity contribution in [3.8, 4) is 11.5 Å². The first-order valence-corrected chi connectivity index (χ1v) is 17.7. The molecule has 8 atom stereocenters. The van der Waals surface area contributed by atoms with E-state index in [4.69, 9.17) is 23.7 Å². The number of ether oxygens (including phenoxy) is 5. The summed E-state index contributed by atoms with van der Waals surface area (Å²) in [6, 6.07) is 0. The van der Waals surface area contributed by atoms with Gasteiger partial charge < -0.3 is 49.4 Å². The fourth-order valence-electron chi connectivity index (χ4n) is 6.98. The average molecular weight is 768 g/mol. The second-order valence-electron chi connectivity index (χ2n) is 14.1. The Morgan fingerprint density at radius 3 is 2.27 bits per heavy atom. The van der Waals surface area contributed by atoms with E-state index in [0.717, 1.165) is 6.92 Å². The number of rotatable bonds is 11. The van der Waals surface area contributed by atoms with Crippen LogP contribution in [0.25, 0.3) is 5.57 Å². The Labute approximate surface area is 318 Å². The van der Waals surface area contributed by atoms with E-state index < -0.39 is 77.7 Å². The van der Waals surface area contributed by atoms with Gasteiger partial charge in [0.15, 0.2) is 23.6 Å². The summed E-state index contributed by atoms with van der Waals surface area (Å²) in [7, 11) is 1.17. The highest BCUT2D eigenvalue weighted by molar-refractivity contribution is 6.21. The van der Waals surface area contributed by atoms with Crippen molar-refractivity contribution in [2.75, 3.05) is 19.2 Å². The maximum absolute atomic E-state index is 13.8. The first-order chi connectivity index (χ1) is 25.7. The quantitative estimate of drug-likeness (QED) is 0.0708. The highest BCUT2D eigenvalue weighted by atomic mass is 16.7. The zero-order valence-corrected chi connectivity index (χ0v) is 32.5. The second-order valence-corrected chi connectivity index (χ2v) is 14.1. The van der Waals surface area contributed by atoms with E-state index >= 15 is 0 Å². The van der Waals surface area contributed by atoms with Crippen LogP contribution >= 0.6 is 0 Å². The zero-order chi connectivity index (χ0) is 41.2. The third kappa shape index (κ3) is 8.44. The number of esters is 2. The SMILES string of the molecule is COC(=O)C1C(O)C(C)C(O)OC1C(C)C(O)C(C)/C=C/C=C(\C)C(=O)Nc1c(C)c(OC(C)=O)c2c(c1O)C(=O)C(C)=C1OCOC(/C(C)=C\C(C)=O)=C12. The molecule has 4 rings (SSSR count). The smallest absolute Gasteiger partial charge is 0.313 e. The predicted octanol–water partition coefficient (Wildman–Crippen LogP) is 3.92. The molecule has 3 aliphatic rings. The molecule has 1 amide bonds. The molecule has 15 nitrogen and oxygen atoms in total. The van der Waals surface area contributed by atoms with E-state index in [9.17, 15) is 44.4 Å². The molecule has 0 aromatic heterocycles. The number of anilines is 1. The van der Waals surface area contributed by atoms with Gasteiger partial charge in [-0.2, -0.15) is 0 Å². The van der Waals surface area contributed by atoms with Gasteiger partial charge in [-0.1, -0.05) is 39.0 Å². The number of benzene rings is 1. The Morgan fingerprint density at radius 2 is 1.67 bits per heavy atom. The topological polar surface area (TPSA) is 224 Å².